The molecule has 0 radical (unpaired) electrons. The second kappa shape index (κ2) is 45.7. The maximum atomic E-state index is 12.7. The Labute approximate surface area is 358 Å². The monoisotopic (exact) mass is 847 g/mol. The summed E-state index contributed by atoms with van der Waals surface area (Å²) in [6.45, 7) is 3.57. The zero-order chi connectivity index (χ0) is 42.5. The molecule has 0 aromatic rings. The molecule has 346 valence electrons. The normalized spacial score (nSPS) is 13.9. The molecule has 58 heavy (non-hydrogen) atoms. The molecule has 0 aromatic heterocycles. The molecule has 3 unspecified atom stereocenters. The SMILES string of the molecule is CCCCCCCC/C=C\CCCCCCCCCC(=O)OC(COCCCCCCCCCCCCCCCCCCCCCC)COP(=O)(O)OCC(O)CO. The Kier molecular flexibility index (Phi) is 45.1. The van der Waals surface area contributed by atoms with Gasteiger partial charge in [-0.25, -0.2) is 4.57 Å². The number of carbonyl (C=O) groups excluding carboxylic acids is 1. The highest BCUT2D eigenvalue weighted by molar-refractivity contribution is 7.47. The summed E-state index contributed by atoms with van der Waals surface area (Å²) in [7, 11) is -4.52. The number of phosphoric acid groups is 1. The summed E-state index contributed by atoms with van der Waals surface area (Å²) >= 11 is 0. The van der Waals surface area contributed by atoms with Gasteiger partial charge in [0.1, 0.15) is 12.2 Å². The molecule has 0 aliphatic rings. The number of hydrogen-bond acceptors (Lipinski definition) is 8. The van der Waals surface area contributed by atoms with Gasteiger partial charge in [-0.1, -0.05) is 212 Å². The predicted molar refractivity (Wildman–Crippen MR) is 242 cm³/mol. The van der Waals surface area contributed by atoms with Crippen LogP contribution in [0, 0.1) is 0 Å². The van der Waals surface area contributed by atoms with Gasteiger partial charge in [0.25, 0.3) is 0 Å². The molecule has 0 aliphatic carbocycles. The third kappa shape index (κ3) is 44.7. The van der Waals surface area contributed by atoms with Gasteiger partial charge < -0.3 is 24.6 Å². The lowest BCUT2D eigenvalue weighted by Crippen LogP contribution is -2.29. The van der Waals surface area contributed by atoms with E-state index in [4.69, 9.17) is 23.6 Å². The van der Waals surface area contributed by atoms with Crippen molar-refractivity contribution < 1.29 is 43.0 Å². The molecule has 0 amide bonds. The number of rotatable bonds is 48. The van der Waals surface area contributed by atoms with Gasteiger partial charge in [-0.2, -0.15) is 0 Å². The summed E-state index contributed by atoms with van der Waals surface area (Å²) in [5.74, 6) is -0.381. The lowest BCUT2D eigenvalue weighted by molar-refractivity contribution is -0.154. The first-order valence-corrected chi connectivity index (χ1v) is 26.2. The number of allylic oxidation sites excluding steroid dienone is 2. The fourth-order valence-corrected chi connectivity index (χ4v) is 7.97. The van der Waals surface area contributed by atoms with Crippen molar-refractivity contribution in [2.45, 2.75) is 257 Å². The first-order chi connectivity index (χ1) is 28.3. The van der Waals surface area contributed by atoms with Crippen LogP contribution >= 0.6 is 7.82 Å². The summed E-state index contributed by atoms with van der Waals surface area (Å²) < 4.78 is 33.5. The molecule has 0 bridgehead atoms. The Morgan fingerprint density at radius 3 is 1.29 bits per heavy atom. The largest absolute Gasteiger partial charge is 0.472 e. The van der Waals surface area contributed by atoms with E-state index in [9.17, 15) is 19.4 Å². The van der Waals surface area contributed by atoms with Crippen LogP contribution in [0.5, 0.6) is 0 Å². The summed E-state index contributed by atoms with van der Waals surface area (Å²) in [5.41, 5.74) is 0. The quantitative estimate of drug-likeness (QED) is 0.0237. The molecule has 0 fully saturated rings. The van der Waals surface area contributed by atoms with Gasteiger partial charge in [-0.05, 0) is 38.5 Å². The highest BCUT2D eigenvalue weighted by Gasteiger charge is 2.26. The van der Waals surface area contributed by atoms with Crippen molar-refractivity contribution in [2.75, 3.05) is 33.0 Å². The van der Waals surface area contributed by atoms with Crippen molar-refractivity contribution in [1.82, 2.24) is 0 Å². The Bertz CT molecular complexity index is 918. The number of unbranched alkanes of at least 4 members (excludes halogenated alkanes) is 32. The van der Waals surface area contributed by atoms with Gasteiger partial charge in [0.05, 0.1) is 26.4 Å². The number of carbonyl (C=O) groups is 1. The second-order valence-corrected chi connectivity index (χ2v) is 18.3. The zero-order valence-electron chi connectivity index (χ0n) is 38.0. The molecular weight excluding hydrogens is 751 g/mol. The van der Waals surface area contributed by atoms with Crippen molar-refractivity contribution in [3.8, 4) is 0 Å². The molecule has 0 saturated heterocycles. The fourth-order valence-electron chi connectivity index (χ4n) is 7.18. The Hall–Kier alpha value is -0.800. The highest BCUT2D eigenvalue weighted by Crippen LogP contribution is 2.43. The van der Waals surface area contributed by atoms with E-state index in [1.54, 1.807) is 0 Å². The predicted octanol–water partition coefficient (Wildman–Crippen LogP) is 14.0. The van der Waals surface area contributed by atoms with E-state index in [0.29, 0.717) is 6.61 Å². The molecule has 0 spiro atoms. The van der Waals surface area contributed by atoms with Crippen molar-refractivity contribution in [2.24, 2.45) is 0 Å². The van der Waals surface area contributed by atoms with Gasteiger partial charge in [-0.15, -0.1) is 0 Å². The van der Waals surface area contributed by atoms with Crippen molar-refractivity contribution in [1.29, 1.82) is 0 Å². The van der Waals surface area contributed by atoms with Crippen molar-refractivity contribution in [3.05, 3.63) is 12.2 Å². The molecule has 3 atom stereocenters. The maximum Gasteiger partial charge on any atom is 0.472 e. The minimum absolute atomic E-state index is 0.0539. The van der Waals surface area contributed by atoms with E-state index in [-0.39, 0.29) is 25.6 Å². The van der Waals surface area contributed by atoms with Crippen LogP contribution in [0.1, 0.15) is 245 Å². The van der Waals surface area contributed by atoms with E-state index in [1.165, 1.54) is 186 Å². The zero-order valence-corrected chi connectivity index (χ0v) is 38.9. The topological polar surface area (TPSA) is 132 Å². The number of esters is 1. The minimum atomic E-state index is -4.52. The van der Waals surface area contributed by atoms with Gasteiger partial charge in [0.15, 0.2) is 0 Å². The minimum Gasteiger partial charge on any atom is -0.457 e. The number of aliphatic hydroxyl groups excluding tert-OH is 2. The van der Waals surface area contributed by atoms with Crippen LogP contribution in [0.25, 0.3) is 0 Å². The average Bonchev–Trinajstić information content (AvgIpc) is 3.21. The summed E-state index contributed by atoms with van der Waals surface area (Å²) in [4.78, 5) is 22.6. The Morgan fingerprint density at radius 1 is 0.517 bits per heavy atom. The molecule has 0 aromatic carbocycles. The molecule has 10 heteroatoms. The van der Waals surface area contributed by atoms with Gasteiger partial charge >= 0.3 is 13.8 Å². The Morgan fingerprint density at radius 2 is 0.879 bits per heavy atom. The summed E-state index contributed by atoms with van der Waals surface area (Å²) in [5, 5.41) is 18.4. The molecule has 3 N–H and O–H groups in total. The van der Waals surface area contributed by atoms with Crippen LogP contribution in [-0.2, 0) is 27.9 Å². The van der Waals surface area contributed by atoms with Crippen LogP contribution in [0.15, 0.2) is 12.2 Å². The van der Waals surface area contributed by atoms with Gasteiger partial charge in [-0.3, -0.25) is 13.8 Å². The van der Waals surface area contributed by atoms with Crippen LogP contribution in [0.3, 0.4) is 0 Å². The van der Waals surface area contributed by atoms with E-state index in [0.717, 1.165) is 38.5 Å². The molecule has 9 nitrogen and oxygen atoms in total. The van der Waals surface area contributed by atoms with Gasteiger partial charge in [0, 0.05) is 13.0 Å². The van der Waals surface area contributed by atoms with E-state index < -0.39 is 33.2 Å². The first-order valence-electron chi connectivity index (χ1n) is 24.7. The maximum absolute atomic E-state index is 12.7. The van der Waals surface area contributed by atoms with E-state index >= 15 is 0 Å². The number of aliphatic hydroxyl groups is 2. The molecule has 0 heterocycles. The van der Waals surface area contributed by atoms with Gasteiger partial charge in [0.2, 0.25) is 0 Å². The second-order valence-electron chi connectivity index (χ2n) is 16.8. The lowest BCUT2D eigenvalue weighted by atomic mass is 10.0. The summed E-state index contributed by atoms with van der Waals surface area (Å²) in [6, 6.07) is 0. The standard InChI is InChI=1S/C48H95O9P/c1-3-5-7-9-11-13-15-17-19-21-22-23-25-27-29-31-33-35-37-39-41-54-44-47(45-56-58(52,53)55-43-46(50)42-49)57-48(51)40-38-36-34-32-30-28-26-24-20-18-16-14-12-10-8-6-4-2/h18,20,46-47,49-50H,3-17,19,21-45H2,1-2H3,(H,52,53)/b20-18-. The third-order valence-corrected chi connectivity index (χ3v) is 11.9. The summed E-state index contributed by atoms with van der Waals surface area (Å²) in [6.07, 6.45) is 47.4. The van der Waals surface area contributed by atoms with Crippen LogP contribution in [-0.4, -0.2) is 66.3 Å². The average molecular weight is 847 g/mol. The fraction of sp³-hybridized carbons (Fsp3) is 0.938. The number of hydrogen-bond donors (Lipinski definition) is 3. The van der Waals surface area contributed by atoms with Crippen molar-refractivity contribution in [3.63, 3.8) is 0 Å². The Balaban J connectivity index is 4.06. The molecule has 0 aliphatic heterocycles. The smallest absolute Gasteiger partial charge is 0.457 e. The number of ether oxygens (including phenoxy) is 2. The van der Waals surface area contributed by atoms with E-state index in [2.05, 4.69) is 26.0 Å². The van der Waals surface area contributed by atoms with Crippen LogP contribution in [0.4, 0.5) is 0 Å². The highest BCUT2D eigenvalue weighted by atomic mass is 31.2. The molecule has 0 saturated carbocycles. The third-order valence-electron chi connectivity index (χ3n) is 11.0. The molecular formula is C48H95O9P. The molecule has 0 rings (SSSR count). The van der Waals surface area contributed by atoms with Crippen molar-refractivity contribution >= 4 is 13.8 Å². The van der Waals surface area contributed by atoms with Crippen LogP contribution in [0.2, 0.25) is 0 Å². The van der Waals surface area contributed by atoms with Crippen LogP contribution < -0.4 is 0 Å². The van der Waals surface area contributed by atoms with E-state index in [1.807, 2.05) is 0 Å². The number of phosphoric ester groups is 1. The first kappa shape index (κ1) is 57.2. The lowest BCUT2D eigenvalue weighted by Gasteiger charge is -2.20.